The van der Waals surface area contributed by atoms with E-state index >= 15 is 0 Å². The minimum atomic E-state index is -0.472. The highest BCUT2D eigenvalue weighted by molar-refractivity contribution is 6.65. The molecule has 1 unspecified atom stereocenters. The molecule has 0 N–H and O–H groups in total. The summed E-state index contributed by atoms with van der Waals surface area (Å²) in [7, 11) is 0. The molecule has 66 valence electrons. The second-order valence-electron chi connectivity index (χ2n) is 3.65. The van der Waals surface area contributed by atoms with E-state index in [4.69, 9.17) is 11.6 Å². The Hall–Kier alpha value is -0.560. The Balaban J connectivity index is 3.04. The summed E-state index contributed by atoms with van der Waals surface area (Å²) >= 11 is 5.55. The lowest BCUT2D eigenvalue weighted by Gasteiger charge is -2.29. The van der Waals surface area contributed by atoms with Crippen LogP contribution in [-0.2, 0) is 4.79 Å². The van der Waals surface area contributed by atoms with Gasteiger partial charge in [-0.3, -0.25) is 4.79 Å². The second-order valence-corrected chi connectivity index (χ2v) is 3.99. The largest absolute Gasteiger partial charge is 0.280 e. The number of carbonyl (C=O) groups excluding carboxylic acids is 1. The second kappa shape index (κ2) is 3.06. The maximum absolute atomic E-state index is 11.2. The van der Waals surface area contributed by atoms with Crippen molar-refractivity contribution in [2.24, 2.45) is 5.41 Å². The molecule has 0 fully saturated rings. The molecule has 1 aliphatic carbocycles. The zero-order valence-corrected chi connectivity index (χ0v) is 8.40. The summed E-state index contributed by atoms with van der Waals surface area (Å²) in [5.74, 6) is 0. The van der Waals surface area contributed by atoms with Crippen molar-refractivity contribution in [3.05, 3.63) is 23.3 Å². The van der Waals surface area contributed by atoms with Gasteiger partial charge in [-0.05, 0) is 38.8 Å². The van der Waals surface area contributed by atoms with Crippen LogP contribution >= 0.6 is 11.6 Å². The third kappa shape index (κ3) is 1.46. The van der Waals surface area contributed by atoms with E-state index in [2.05, 4.69) is 0 Å². The lowest BCUT2D eigenvalue weighted by Crippen LogP contribution is -2.27. The van der Waals surface area contributed by atoms with Gasteiger partial charge in [0.15, 0.2) is 0 Å². The van der Waals surface area contributed by atoms with Crippen molar-refractivity contribution in [1.29, 1.82) is 0 Å². The van der Waals surface area contributed by atoms with Crippen LogP contribution in [0, 0.1) is 5.41 Å². The molecule has 0 radical (unpaired) electrons. The van der Waals surface area contributed by atoms with Crippen LogP contribution in [0.2, 0.25) is 0 Å². The smallest absolute Gasteiger partial charge is 0.231 e. The zero-order valence-electron chi connectivity index (χ0n) is 7.65. The van der Waals surface area contributed by atoms with Crippen LogP contribution in [0.15, 0.2) is 23.3 Å². The third-order valence-corrected chi connectivity index (χ3v) is 2.97. The number of carbonyl (C=O) groups is 1. The van der Waals surface area contributed by atoms with Gasteiger partial charge in [0.1, 0.15) is 0 Å². The molecule has 0 amide bonds. The number of halogens is 1. The number of hydrogen-bond donors (Lipinski definition) is 0. The summed E-state index contributed by atoms with van der Waals surface area (Å²) in [5.41, 5.74) is 1.78. The Bertz CT molecular complexity index is 276. The zero-order chi connectivity index (χ0) is 9.35. The highest BCUT2D eigenvalue weighted by Crippen LogP contribution is 2.38. The average Bonchev–Trinajstić information content (AvgIpc) is 1.97. The van der Waals surface area contributed by atoms with Crippen molar-refractivity contribution >= 4 is 16.8 Å². The van der Waals surface area contributed by atoms with Crippen molar-refractivity contribution in [3.63, 3.8) is 0 Å². The van der Waals surface area contributed by atoms with E-state index in [9.17, 15) is 4.79 Å². The van der Waals surface area contributed by atoms with Crippen LogP contribution in [0.4, 0.5) is 0 Å². The van der Waals surface area contributed by atoms with Gasteiger partial charge in [0.05, 0.1) is 5.41 Å². The van der Waals surface area contributed by atoms with Crippen LogP contribution in [0.25, 0.3) is 0 Å². The SMILES string of the molecule is CC1=CC=C(C)C(C)(C(=O)Cl)C1. The summed E-state index contributed by atoms with van der Waals surface area (Å²) in [4.78, 5) is 11.2. The fourth-order valence-corrected chi connectivity index (χ4v) is 1.65. The van der Waals surface area contributed by atoms with Crippen molar-refractivity contribution in [2.75, 3.05) is 0 Å². The van der Waals surface area contributed by atoms with Crippen LogP contribution in [0.3, 0.4) is 0 Å². The van der Waals surface area contributed by atoms with Crippen LogP contribution in [0.5, 0.6) is 0 Å². The number of allylic oxidation sites excluding steroid dienone is 4. The van der Waals surface area contributed by atoms with Crippen LogP contribution in [-0.4, -0.2) is 5.24 Å². The minimum Gasteiger partial charge on any atom is -0.280 e. The molecule has 1 aliphatic rings. The number of hydrogen-bond acceptors (Lipinski definition) is 1. The molecule has 0 saturated heterocycles. The fourth-order valence-electron chi connectivity index (χ4n) is 1.43. The molecular formula is C10H13ClO. The topological polar surface area (TPSA) is 17.1 Å². The van der Waals surface area contributed by atoms with E-state index in [1.807, 2.05) is 32.9 Å². The first-order valence-corrected chi connectivity index (χ1v) is 4.39. The van der Waals surface area contributed by atoms with Gasteiger partial charge < -0.3 is 0 Å². The molecule has 0 saturated carbocycles. The van der Waals surface area contributed by atoms with E-state index in [0.717, 1.165) is 12.0 Å². The van der Waals surface area contributed by atoms with E-state index in [1.165, 1.54) is 5.57 Å². The monoisotopic (exact) mass is 184 g/mol. The molecule has 0 aromatic heterocycles. The molecule has 1 atom stereocenters. The summed E-state index contributed by atoms with van der Waals surface area (Å²) in [6.45, 7) is 5.86. The Morgan fingerprint density at radius 1 is 1.50 bits per heavy atom. The maximum Gasteiger partial charge on any atom is 0.231 e. The van der Waals surface area contributed by atoms with E-state index in [-0.39, 0.29) is 5.24 Å². The molecule has 0 spiro atoms. The van der Waals surface area contributed by atoms with Gasteiger partial charge >= 0.3 is 0 Å². The van der Waals surface area contributed by atoms with Gasteiger partial charge in [0.2, 0.25) is 5.24 Å². The maximum atomic E-state index is 11.2. The van der Waals surface area contributed by atoms with E-state index < -0.39 is 5.41 Å². The van der Waals surface area contributed by atoms with Gasteiger partial charge in [0.25, 0.3) is 0 Å². The fraction of sp³-hybridized carbons (Fsp3) is 0.500. The van der Waals surface area contributed by atoms with Crippen LogP contribution in [0.1, 0.15) is 27.2 Å². The van der Waals surface area contributed by atoms with Gasteiger partial charge in [0, 0.05) is 0 Å². The molecular weight excluding hydrogens is 172 g/mol. The Morgan fingerprint density at radius 3 is 2.50 bits per heavy atom. The first-order valence-electron chi connectivity index (χ1n) is 4.01. The Labute approximate surface area is 78.1 Å². The molecule has 12 heavy (non-hydrogen) atoms. The molecule has 0 aliphatic heterocycles. The normalized spacial score (nSPS) is 29.3. The van der Waals surface area contributed by atoms with Gasteiger partial charge in [-0.25, -0.2) is 0 Å². The highest BCUT2D eigenvalue weighted by atomic mass is 35.5. The molecule has 0 aromatic carbocycles. The summed E-state index contributed by atoms with van der Waals surface area (Å²) in [6.07, 6.45) is 4.76. The van der Waals surface area contributed by atoms with E-state index in [0.29, 0.717) is 0 Å². The Morgan fingerprint density at radius 2 is 2.08 bits per heavy atom. The lowest BCUT2D eigenvalue weighted by atomic mass is 9.76. The van der Waals surface area contributed by atoms with Gasteiger partial charge in [-0.15, -0.1) is 0 Å². The predicted octanol–water partition coefficient (Wildman–Crippen LogP) is 3.05. The lowest BCUT2D eigenvalue weighted by molar-refractivity contribution is -0.118. The first-order chi connectivity index (χ1) is 5.47. The van der Waals surface area contributed by atoms with Gasteiger partial charge in [-0.2, -0.15) is 0 Å². The highest BCUT2D eigenvalue weighted by Gasteiger charge is 2.34. The summed E-state index contributed by atoms with van der Waals surface area (Å²) in [6, 6.07) is 0. The van der Waals surface area contributed by atoms with E-state index in [1.54, 1.807) is 0 Å². The molecule has 0 aromatic rings. The molecule has 1 nitrogen and oxygen atoms in total. The molecule has 0 bridgehead atoms. The quantitative estimate of drug-likeness (QED) is 0.573. The first kappa shape index (κ1) is 9.53. The third-order valence-electron chi connectivity index (χ3n) is 2.55. The molecule has 1 rings (SSSR count). The summed E-state index contributed by atoms with van der Waals surface area (Å²) < 4.78 is 0. The van der Waals surface area contributed by atoms with Crippen molar-refractivity contribution in [2.45, 2.75) is 27.2 Å². The Kier molecular flexibility index (Phi) is 2.43. The van der Waals surface area contributed by atoms with Crippen LogP contribution < -0.4 is 0 Å². The summed E-state index contributed by atoms with van der Waals surface area (Å²) in [5, 5.41) is -0.260. The van der Waals surface area contributed by atoms with Crippen molar-refractivity contribution < 1.29 is 4.79 Å². The van der Waals surface area contributed by atoms with Gasteiger partial charge in [-0.1, -0.05) is 23.3 Å². The predicted molar refractivity (Wildman–Crippen MR) is 51.1 cm³/mol. The standard InChI is InChI=1S/C10H13ClO/c1-7-4-5-8(2)10(3,6-7)9(11)12/h4-5H,6H2,1-3H3. The van der Waals surface area contributed by atoms with Crippen molar-refractivity contribution in [3.8, 4) is 0 Å². The molecule has 0 heterocycles. The molecule has 2 heteroatoms. The minimum absolute atomic E-state index is 0.260. The van der Waals surface area contributed by atoms with Crippen molar-refractivity contribution in [1.82, 2.24) is 0 Å². The average molecular weight is 185 g/mol. The number of rotatable bonds is 1.